The Bertz CT molecular complexity index is 224. The van der Waals surface area contributed by atoms with Crippen LogP contribution in [0.4, 0.5) is 0 Å². The zero-order valence-corrected chi connectivity index (χ0v) is 8.37. The lowest BCUT2D eigenvalue weighted by molar-refractivity contribution is -0.144. The summed E-state index contributed by atoms with van der Waals surface area (Å²) in [6.45, 7) is 8.16. The van der Waals surface area contributed by atoms with Crippen LogP contribution in [0.25, 0.3) is 0 Å². The van der Waals surface area contributed by atoms with Crippen molar-refractivity contribution in [3.63, 3.8) is 0 Å². The minimum Gasteiger partial charge on any atom is -0.469 e. The van der Waals surface area contributed by atoms with Gasteiger partial charge in [0.15, 0.2) is 0 Å². The van der Waals surface area contributed by atoms with Gasteiger partial charge in [0, 0.05) is 12.5 Å². The standard InChI is InChI=1S/C10H16O3/c1-5-10(13-6-2)7(3)8(10)9(11)12-4/h5,7-8H,1,6H2,2-4H3/t7-,8+,10+/m0/s1. The molecule has 1 fully saturated rings. The molecule has 0 bridgehead atoms. The molecule has 0 unspecified atom stereocenters. The normalized spacial score (nSPS) is 36.8. The number of esters is 1. The maximum absolute atomic E-state index is 11.3. The second-order valence-electron chi connectivity index (χ2n) is 3.28. The minimum atomic E-state index is -0.470. The van der Waals surface area contributed by atoms with Crippen molar-refractivity contribution < 1.29 is 14.3 Å². The summed E-state index contributed by atoms with van der Waals surface area (Å²) in [5, 5.41) is 0. The van der Waals surface area contributed by atoms with E-state index >= 15 is 0 Å². The summed E-state index contributed by atoms with van der Waals surface area (Å²) in [4.78, 5) is 11.3. The smallest absolute Gasteiger partial charge is 0.312 e. The van der Waals surface area contributed by atoms with Gasteiger partial charge in [0.05, 0.1) is 13.0 Å². The minimum absolute atomic E-state index is 0.171. The molecule has 74 valence electrons. The Kier molecular flexibility index (Phi) is 2.76. The Hall–Kier alpha value is -0.830. The van der Waals surface area contributed by atoms with E-state index in [2.05, 4.69) is 11.3 Å². The molecule has 0 aromatic carbocycles. The van der Waals surface area contributed by atoms with E-state index in [0.717, 1.165) is 0 Å². The Labute approximate surface area is 78.7 Å². The van der Waals surface area contributed by atoms with Crippen LogP contribution in [0.3, 0.4) is 0 Å². The number of ether oxygens (including phenoxy) is 2. The Balaban J connectivity index is 2.71. The summed E-state index contributed by atoms with van der Waals surface area (Å²) in [5.41, 5.74) is -0.470. The molecule has 0 aromatic rings. The summed E-state index contributed by atoms with van der Waals surface area (Å²) >= 11 is 0. The molecule has 0 aliphatic heterocycles. The molecule has 0 heterocycles. The van der Waals surface area contributed by atoms with Crippen molar-refractivity contribution in [2.24, 2.45) is 11.8 Å². The highest BCUT2D eigenvalue weighted by Gasteiger charge is 2.66. The van der Waals surface area contributed by atoms with Crippen LogP contribution in [-0.4, -0.2) is 25.3 Å². The molecule has 0 saturated heterocycles. The molecule has 3 nitrogen and oxygen atoms in total. The third-order valence-electron chi connectivity index (χ3n) is 2.76. The van der Waals surface area contributed by atoms with Crippen molar-refractivity contribution in [2.45, 2.75) is 19.4 Å². The molecule has 1 aliphatic rings. The fourth-order valence-electron chi connectivity index (χ4n) is 1.91. The molecular formula is C10H16O3. The van der Waals surface area contributed by atoms with Gasteiger partial charge in [-0.05, 0) is 6.92 Å². The summed E-state index contributed by atoms with van der Waals surface area (Å²) in [6.07, 6.45) is 1.71. The molecule has 13 heavy (non-hydrogen) atoms. The number of hydrogen-bond acceptors (Lipinski definition) is 3. The maximum Gasteiger partial charge on any atom is 0.312 e. The summed E-state index contributed by atoms with van der Waals surface area (Å²) in [7, 11) is 1.40. The van der Waals surface area contributed by atoms with E-state index < -0.39 is 5.60 Å². The topological polar surface area (TPSA) is 35.5 Å². The lowest BCUT2D eigenvalue weighted by atomic mass is 10.2. The van der Waals surface area contributed by atoms with Crippen LogP contribution < -0.4 is 0 Å². The fraction of sp³-hybridized carbons (Fsp3) is 0.700. The number of methoxy groups -OCH3 is 1. The molecule has 0 aromatic heterocycles. The van der Waals surface area contributed by atoms with Gasteiger partial charge in [-0.25, -0.2) is 0 Å². The van der Waals surface area contributed by atoms with Gasteiger partial charge < -0.3 is 9.47 Å². The Morgan fingerprint density at radius 2 is 2.31 bits per heavy atom. The average molecular weight is 184 g/mol. The molecule has 3 heteroatoms. The zero-order valence-electron chi connectivity index (χ0n) is 8.37. The molecule has 1 saturated carbocycles. The van der Waals surface area contributed by atoms with Crippen LogP contribution in [-0.2, 0) is 14.3 Å². The van der Waals surface area contributed by atoms with Crippen molar-refractivity contribution in [2.75, 3.05) is 13.7 Å². The molecule has 1 aliphatic carbocycles. The third-order valence-corrected chi connectivity index (χ3v) is 2.76. The van der Waals surface area contributed by atoms with Crippen molar-refractivity contribution in [3.8, 4) is 0 Å². The first-order chi connectivity index (χ1) is 6.14. The van der Waals surface area contributed by atoms with E-state index in [0.29, 0.717) is 6.61 Å². The average Bonchev–Trinajstić information content (AvgIpc) is 2.72. The first kappa shape index (κ1) is 10.3. The third kappa shape index (κ3) is 1.37. The van der Waals surface area contributed by atoms with Gasteiger partial charge in [0.1, 0.15) is 5.60 Å². The van der Waals surface area contributed by atoms with Crippen LogP contribution >= 0.6 is 0 Å². The molecule has 0 N–H and O–H groups in total. The van der Waals surface area contributed by atoms with Crippen molar-refractivity contribution in [3.05, 3.63) is 12.7 Å². The number of rotatable bonds is 4. The fourth-order valence-corrected chi connectivity index (χ4v) is 1.91. The first-order valence-corrected chi connectivity index (χ1v) is 4.49. The van der Waals surface area contributed by atoms with Gasteiger partial charge in [-0.1, -0.05) is 13.0 Å². The van der Waals surface area contributed by atoms with Crippen molar-refractivity contribution >= 4 is 5.97 Å². The monoisotopic (exact) mass is 184 g/mol. The number of hydrogen-bond donors (Lipinski definition) is 0. The zero-order chi connectivity index (χ0) is 10.1. The number of carbonyl (C=O) groups excluding carboxylic acids is 1. The molecule has 1 rings (SSSR count). The van der Waals surface area contributed by atoms with Crippen LogP contribution in [0.15, 0.2) is 12.7 Å². The molecule has 0 amide bonds. The highest BCUT2D eigenvalue weighted by Crippen LogP contribution is 2.54. The predicted octanol–water partition coefficient (Wildman–Crippen LogP) is 1.39. The van der Waals surface area contributed by atoms with E-state index in [1.165, 1.54) is 7.11 Å². The molecule has 3 atom stereocenters. The number of carbonyl (C=O) groups is 1. The Morgan fingerprint density at radius 1 is 1.69 bits per heavy atom. The molecular weight excluding hydrogens is 168 g/mol. The van der Waals surface area contributed by atoms with Gasteiger partial charge in [-0.15, -0.1) is 6.58 Å². The summed E-state index contributed by atoms with van der Waals surface area (Å²) < 4.78 is 10.2. The largest absolute Gasteiger partial charge is 0.469 e. The van der Waals surface area contributed by atoms with Crippen LogP contribution in [0.2, 0.25) is 0 Å². The second kappa shape index (κ2) is 3.50. The van der Waals surface area contributed by atoms with Crippen LogP contribution in [0.5, 0.6) is 0 Å². The maximum atomic E-state index is 11.3. The lowest BCUT2D eigenvalue weighted by Crippen LogP contribution is -2.19. The highest BCUT2D eigenvalue weighted by atomic mass is 16.5. The van der Waals surface area contributed by atoms with Crippen molar-refractivity contribution in [1.29, 1.82) is 0 Å². The molecule has 0 spiro atoms. The van der Waals surface area contributed by atoms with Gasteiger partial charge in [0.25, 0.3) is 0 Å². The second-order valence-corrected chi connectivity index (χ2v) is 3.28. The quantitative estimate of drug-likeness (QED) is 0.489. The van der Waals surface area contributed by atoms with Crippen LogP contribution in [0.1, 0.15) is 13.8 Å². The SMILES string of the molecule is C=C[C@@]1(OCC)[C@@H](C)[C@@H]1C(=O)OC. The van der Waals surface area contributed by atoms with E-state index in [4.69, 9.17) is 4.74 Å². The first-order valence-electron chi connectivity index (χ1n) is 4.49. The van der Waals surface area contributed by atoms with Gasteiger partial charge >= 0.3 is 5.97 Å². The lowest BCUT2D eigenvalue weighted by Gasteiger charge is -2.11. The van der Waals surface area contributed by atoms with Gasteiger partial charge in [0.2, 0.25) is 0 Å². The van der Waals surface area contributed by atoms with Crippen LogP contribution in [0, 0.1) is 11.8 Å². The van der Waals surface area contributed by atoms with Gasteiger partial charge in [-0.3, -0.25) is 4.79 Å². The van der Waals surface area contributed by atoms with Crippen molar-refractivity contribution in [1.82, 2.24) is 0 Å². The van der Waals surface area contributed by atoms with E-state index in [1.807, 2.05) is 13.8 Å². The van der Waals surface area contributed by atoms with E-state index in [9.17, 15) is 4.79 Å². The van der Waals surface area contributed by atoms with E-state index in [-0.39, 0.29) is 17.8 Å². The van der Waals surface area contributed by atoms with Gasteiger partial charge in [-0.2, -0.15) is 0 Å². The van der Waals surface area contributed by atoms with E-state index in [1.54, 1.807) is 6.08 Å². The summed E-state index contributed by atoms with van der Waals surface area (Å²) in [6, 6.07) is 0. The summed E-state index contributed by atoms with van der Waals surface area (Å²) in [5.74, 6) is -0.201. The molecule has 0 radical (unpaired) electrons. The Morgan fingerprint density at radius 3 is 2.69 bits per heavy atom. The predicted molar refractivity (Wildman–Crippen MR) is 49.2 cm³/mol. The highest BCUT2D eigenvalue weighted by molar-refractivity contribution is 5.79.